The third-order valence-electron chi connectivity index (χ3n) is 1.80. The van der Waals surface area contributed by atoms with Crippen LogP contribution in [0.15, 0.2) is 21.0 Å². The van der Waals surface area contributed by atoms with Gasteiger partial charge in [0.2, 0.25) is 0 Å². The SMILES string of the molecule is Cc1nc2c(C(=O)O)cc(Br)cc2o1. The van der Waals surface area contributed by atoms with E-state index >= 15 is 0 Å². The van der Waals surface area contributed by atoms with E-state index in [1.165, 1.54) is 6.07 Å². The van der Waals surface area contributed by atoms with Crippen LogP contribution in [0, 0.1) is 6.92 Å². The van der Waals surface area contributed by atoms with Crippen LogP contribution in [0.25, 0.3) is 11.1 Å². The summed E-state index contributed by atoms with van der Waals surface area (Å²) in [5, 5.41) is 8.91. The van der Waals surface area contributed by atoms with Crippen LogP contribution in [0.1, 0.15) is 16.2 Å². The van der Waals surface area contributed by atoms with Gasteiger partial charge in [0, 0.05) is 11.4 Å². The predicted octanol–water partition coefficient (Wildman–Crippen LogP) is 2.60. The Bertz CT molecular complexity index is 518. The molecule has 14 heavy (non-hydrogen) atoms. The van der Waals surface area contributed by atoms with Crippen molar-refractivity contribution in [1.29, 1.82) is 0 Å². The number of oxazole rings is 1. The summed E-state index contributed by atoms with van der Waals surface area (Å²) in [6.45, 7) is 1.68. The zero-order valence-corrected chi connectivity index (χ0v) is 8.83. The minimum Gasteiger partial charge on any atom is -0.478 e. The molecule has 2 aromatic rings. The van der Waals surface area contributed by atoms with E-state index in [0.717, 1.165) is 0 Å². The number of halogens is 1. The van der Waals surface area contributed by atoms with E-state index < -0.39 is 5.97 Å². The normalized spacial score (nSPS) is 10.7. The van der Waals surface area contributed by atoms with Gasteiger partial charge in [0.1, 0.15) is 5.52 Å². The van der Waals surface area contributed by atoms with Crippen LogP contribution < -0.4 is 0 Å². The Morgan fingerprint density at radius 2 is 2.29 bits per heavy atom. The first kappa shape index (κ1) is 9.21. The van der Waals surface area contributed by atoms with Crippen molar-refractivity contribution in [2.75, 3.05) is 0 Å². The van der Waals surface area contributed by atoms with Crippen molar-refractivity contribution >= 4 is 33.0 Å². The van der Waals surface area contributed by atoms with Crippen molar-refractivity contribution in [2.45, 2.75) is 6.92 Å². The Balaban J connectivity index is 2.85. The fraction of sp³-hybridized carbons (Fsp3) is 0.111. The van der Waals surface area contributed by atoms with Gasteiger partial charge in [-0.25, -0.2) is 9.78 Å². The molecule has 1 N–H and O–H groups in total. The quantitative estimate of drug-likeness (QED) is 0.851. The molecule has 0 saturated carbocycles. The first-order valence-electron chi connectivity index (χ1n) is 3.88. The van der Waals surface area contributed by atoms with Crippen LogP contribution in [0.4, 0.5) is 0 Å². The number of carboxylic acids is 1. The first-order chi connectivity index (χ1) is 6.58. The summed E-state index contributed by atoms with van der Waals surface area (Å²) in [5.74, 6) is -0.551. The lowest BCUT2D eigenvalue weighted by molar-refractivity contribution is 0.0698. The van der Waals surface area contributed by atoms with E-state index in [1.807, 2.05) is 0 Å². The van der Waals surface area contributed by atoms with Crippen molar-refractivity contribution in [3.63, 3.8) is 0 Å². The summed E-state index contributed by atoms with van der Waals surface area (Å²) in [5.41, 5.74) is 1.01. The van der Waals surface area contributed by atoms with Crippen LogP contribution in [0.3, 0.4) is 0 Å². The lowest BCUT2D eigenvalue weighted by Gasteiger charge is -1.95. The Labute approximate surface area is 87.7 Å². The topological polar surface area (TPSA) is 63.3 Å². The molecule has 0 aliphatic rings. The van der Waals surface area contributed by atoms with Gasteiger partial charge in [-0.1, -0.05) is 15.9 Å². The molecular weight excluding hydrogens is 250 g/mol. The number of benzene rings is 1. The lowest BCUT2D eigenvalue weighted by atomic mass is 10.2. The third-order valence-corrected chi connectivity index (χ3v) is 2.25. The molecule has 5 heteroatoms. The van der Waals surface area contributed by atoms with Crippen LogP contribution in [0.2, 0.25) is 0 Å². The van der Waals surface area contributed by atoms with Crippen LogP contribution in [-0.2, 0) is 0 Å². The van der Waals surface area contributed by atoms with E-state index in [0.29, 0.717) is 21.5 Å². The second-order valence-corrected chi connectivity index (χ2v) is 3.75. The van der Waals surface area contributed by atoms with Gasteiger partial charge in [-0.2, -0.15) is 0 Å². The minimum absolute atomic E-state index is 0.145. The maximum atomic E-state index is 10.9. The summed E-state index contributed by atoms with van der Waals surface area (Å²) in [7, 11) is 0. The molecule has 0 bridgehead atoms. The molecule has 0 amide bonds. The highest BCUT2D eigenvalue weighted by molar-refractivity contribution is 9.10. The zero-order valence-electron chi connectivity index (χ0n) is 7.24. The largest absolute Gasteiger partial charge is 0.478 e. The van der Waals surface area contributed by atoms with Crippen LogP contribution >= 0.6 is 15.9 Å². The molecule has 1 aromatic carbocycles. The molecule has 0 radical (unpaired) electrons. The number of aryl methyl sites for hydroxylation is 1. The number of aromatic carboxylic acids is 1. The molecule has 0 spiro atoms. The molecule has 1 heterocycles. The summed E-state index contributed by atoms with van der Waals surface area (Å²) in [6, 6.07) is 3.20. The highest BCUT2D eigenvalue weighted by Gasteiger charge is 2.14. The standard InChI is InChI=1S/C9H6BrNO3/c1-4-11-8-6(9(12)13)2-5(10)3-7(8)14-4/h2-3H,1H3,(H,12,13). The summed E-state index contributed by atoms with van der Waals surface area (Å²) in [6.07, 6.45) is 0. The highest BCUT2D eigenvalue weighted by Crippen LogP contribution is 2.24. The molecule has 0 aliphatic heterocycles. The Morgan fingerprint density at radius 1 is 1.57 bits per heavy atom. The van der Waals surface area contributed by atoms with E-state index in [4.69, 9.17) is 9.52 Å². The lowest BCUT2D eigenvalue weighted by Crippen LogP contribution is -1.97. The minimum atomic E-state index is -1.01. The summed E-state index contributed by atoms with van der Waals surface area (Å²) in [4.78, 5) is 14.9. The van der Waals surface area contributed by atoms with Gasteiger partial charge >= 0.3 is 5.97 Å². The van der Waals surface area contributed by atoms with Gasteiger partial charge in [-0.05, 0) is 12.1 Å². The molecule has 0 unspecified atom stereocenters. The Kier molecular flexibility index (Phi) is 2.03. The van der Waals surface area contributed by atoms with E-state index in [1.54, 1.807) is 13.0 Å². The maximum Gasteiger partial charge on any atom is 0.338 e. The number of hydrogen-bond acceptors (Lipinski definition) is 3. The molecule has 4 nitrogen and oxygen atoms in total. The van der Waals surface area contributed by atoms with E-state index in [2.05, 4.69) is 20.9 Å². The molecule has 0 aliphatic carbocycles. The second-order valence-electron chi connectivity index (χ2n) is 2.84. The number of hydrogen-bond donors (Lipinski definition) is 1. The molecule has 0 atom stereocenters. The van der Waals surface area contributed by atoms with Gasteiger partial charge in [0.15, 0.2) is 11.5 Å². The van der Waals surface area contributed by atoms with Crippen molar-refractivity contribution < 1.29 is 14.3 Å². The van der Waals surface area contributed by atoms with Gasteiger partial charge in [-0.15, -0.1) is 0 Å². The van der Waals surface area contributed by atoms with Gasteiger partial charge in [0.05, 0.1) is 5.56 Å². The average molecular weight is 256 g/mol. The zero-order chi connectivity index (χ0) is 10.3. The number of aromatic nitrogens is 1. The maximum absolute atomic E-state index is 10.9. The molecule has 72 valence electrons. The first-order valence-corrected chi connectivity index (χ1v) is 4.67. The number of carboxylic acid groups (broad SMARTS) is 1. The highest BCUT2D eigenvalue weighted by atomic mass is 79.9. The number of carbonyl (C=O) groups is 1. The van der Waals surface area contributed by atoms with Crippen molar-refractivity contribution in [2.24, 2.45) is 0 Å². The summed E-state index contributed by atoms with van der Waals surface area (Å²) >= 11 is 3.21. The smallest absolute Gasteiger partial charge is 0.338 e. The monoisotopic (exact) mass is 255 g/mol. The number of fused-ring (bicyclic) bond motifs is 1. The average Bonchev–Trinajstić information content (AvgIpc) is 2.42. The number of rotatable bonds is 1. The van der Waals surface area contributed by atoms with Gasteiger partial charge in [0.25, 0.3) is 0 Å². The second kappa shape index (κ2) is 3.09. The van der Waals surface area contributed by atoms with Crippen LogP contribution in [-0.4, -0.2) is 16.1 Å². The van der Waals surface area contributed by atoms with Gasteiger partial charge in [-0.3, -0.25) is 0 Å². The molecule has 0 fully saturated rings. The fourth-order valence-electron chi connectivity index (χ4n) is 1.27. The van der Waals surface area contributed by atoms with Crippen molar-refractivity contribution in [3.05, 3.63) is 28.1 Å². The third kappa shape index (κ3) is 1.39. The van der Waals surface area contributed by atoms with Gasteiger partial charge < -0.3 is 9.52 Å². The molecule has 0 saturated heterocycles. The van der Waals surface area contributed by atoms with Crippen molar-refractivity contribution in [3.8, 4) is 0 Å². The fourth-order valence-corrected chi connectivity index (χ4v) is 1.71. The van der Waals surface area contributed by atoms with E-state index in [9.17, 15) is 4.79 Å². The van der Waals surface area contributed by atoms with Crippen LogP contribution in [0.5, 0.6) is 0 Å². The van der Waals surface area contributed by atoms with Crippen molar-refractivity contribution in [1.82, 2.24) is 4.98 Å². The molecular formula is C9H6BrNO3. The predicted molar refractivity (Wildman–Crippen MR) is 53.4 cm³/mol. The van der Waals surface area contributed by atoms with E-state index in [-0.39, 0.29) is 5.56 Å². The Morgan fingerprint density at radius 3 is 2.93 bits per heavy atom. The molecule has 2 rings (SSSR count). The molecule has 1 aromatic heterocycles. The Hall–Kier alpha value is -1.36. The summed E-state index contributed by atoms with van der Waals surface area (Å²) < 4.78 is 5.90. The number of nitrogens with zero attached hydrogens (tertiary/aromatic N) is 1.